The van der Waals surface area contributed by atoms with Crippen LogP contribution in [-0.2, 0) is 0 Å². The molecule has 1 aliphatic rings. The second kappa shape index (κ2) is 10.7. The van der Waals surface area contributed by atoms with E-state index in [1.165, 1.54) is 11.3 Å². The van der Waals surface area contributed by atoms with Crippen molar-refractivity contribution in [3.63, 3.8) is 0 Å². The monoisotopic (exact) mass is 517 g/mol. The molecule has 3 rings (SSSR count). The first-order chi connectivity index (χ1) is 13.1. The predicted octanol–water partition coefficient (Wildman–Crippen LogP) is 2.15. The number of thiazole rings is 1. The summed E-state index contributed by atoms with van der Waals surface area (Å²) in [5.41, 5.74) is 2.47. The number of imidazole rings is 1. The Bertz CT molecular complexity index is 777. The van der Waals surface area contributed by atoms with Crippen LogP contribution in [0.15, 0.2) is 29.2 Å². The summed E-state index contributed by atoms with van der Waals surface area (Å²) in [6.45, 7) is 7.15. The van der Waals surface area contributed by atoms with E-state index in [9.17, 15) is 4.79 Å². The summed E-state index contributed by atoms with van der Waals surface area (Å²) >= 11 is 1.37. The Morgan fingerprint density at radius 1 is 1.39 bits per heavy atom. The Labute approximate surface area is 186 Å². The average Bonchev–Trinajstić information content (AvgIpc) is 3.34. The molecule has 1 saturated heterocycles. The van der Waals surface area contributed by atoms with Crippen molar-refractivity contribution >= 4 is 47.2 Å². The molecule has 3 heterocycles. The molecular formula is C18H28IN7OS. The zero-order chi connectivity index (χ0) is 19.2. The van der Waals surface area contributed by atoms with Gasteiger partial charge in [0.25, 0.3) is 5.91 Å². The largest absolute Gasteiger partial charge is 0.354 e. The maximum Gasteiger partial charge on any atom is 0.263 e. The Balaban J connectivity index is 0.00000280. The summed E-state index contributed by atoms with van der Waals surface area (Å²) in [6.07, 6.45) is 6.84. The first-order valence-electron chi connectivity index (χ1n) is 9.21. The van der Waals surface area contributed by atoms with Gasteiger partial charge in [0.15, 0.2) is 5.96 Å². The Hall–Kier alpha value is -1.69. The lowest BCUT2D eigenvalue weighted by Crippen LogP contribution is -2.50. The van der Waals surface area contributed by atoms with Gasteiger partial charge in [0.1, 0.15) is 4.88 Å². The number of likely N-dealkylation sites (tertiary alicyclic amines) is 1. The van der Waals surface area contributed by atoms with Gasteiger partial charge in [0.2, 0.25) is 0 Å². The van der Waals surface area contributed by atoms with Crippen LogP contribution < -0.4 is 10.6 Å². The fourth-order valence-electron chi connectivity index (χ4n) is 3.38. The standard InChI is InChI=1S/C18H27N7OS.HI/c1-13-4-8-24(10-15(13)25-9-7-20-11-25)18(19-3)22-6-5-21-17(26)16-14(2)23-12-27-16;/h7,9,11-13,15H,4-6,8,10H2,1-3H3,(H,19,22)(H,21,26);1H. The minimum atomic E-state index is -0.0706. The maximum absolute atomic E-state index is 12.1. The molecule has 1 fully saturated rings. The number of hydrogen-bond acceptors (Lipinski definition) is 5. The van der Waals surface area contributed by atoms with Crippen molar-refractivity contribution in [2.24, 2.45) is 10.9 Å². The van der Waals surface area contributed by atoms with Crippen molar-refractivity contribution in [3.8, 4) is 0 Å². The molecule has 2 N–H and O–H groups in total. The number of piperidine rings is 1. The minimum absolute atomic E-state index is 0. The van der Waals surface area contributed by atoms with Gasteiger partial charge < -0.3 is 20.1 Å². The highest BCUT2D eigenvalue weighted by Crippen LogP contribution is 2.27. The lowest BCUT2D eigenvalue weighted by molar-refractivity contribution is 0.0957. The van der Waals surface area contributed by atoms with E-state index in [1.807, 2.05) is 25.6 Å². The molecule has 0 bridgehead atoms. The van der Waals surface area contributed by atoms with Gasteiger partial charge in [-0.15, -0.1) is 35.3 Å². The molecule has 8 nitrogen and oxygen atoms in total. The highest BCUT2D eigenvalue weighted by atomic mass is 127. The number of guanidine groups is 1. The first kappa shape index (κ1) is 22.6. The van der Waals surface area contributed by atoms with Crippen molar-refractivity contribution in [1.82, 2.24) is 30.1 Å². The lowest BCUT2D eigenvalue weighted by Gasteiger charge is -2.39. The number of amides is 1. The molecule has 2 aromatic heterocycles. The van der Waals surface area contributed by atoms with Gasteiger partial charge in [-0.2, -0.15) is 0 Å². The fraction of sp³-hybridized carbons (Fsp3) is 0.556. The topological polar surface area (TPSA) is 87.4 Å². The molecule has 0 radical (unpaired) electrons. The van der Waals surface area contributed by atoms with E-state index in [4.69, 9.17) is 0 Å². The van der Waals surface area contributed by atoms with Gasteiger partial charge >= 0.3 is 0 Å². The third-order valence-corrected chi connectivity index (χ3v) is 5.91. The number of carbonyl (C=O) groups excluding carboxylic acids is 1. The third-order valence-electron chi connectivity index (χ3n) is 4.98. The van der Waals surface area contributed by atoms with Crippen LogP contribution in [0.2, 0.25) is 0 Å². The minimum Gasteiger partial charge on any atom is -0.354 e. The number of aromatic nitrogens is 3. The zero-order valence-electron chi connectivity index (χ0n) is 16.5. The smallest absolute Gasteiger partial charge is 0.263 e. The van der Waals surface area contributed by atoms with Crippen LogP contribution in [0.1, 0.15) is 34.8 Å². The van der Waals surface area contributed by atoms with Crippen LogP contribution in [0.5, 0.6) is 0 Å². The van der Waals surface area contributed by atoms with Crippen LogP contribution in [-0.4, -0.2) is 64.5 Å². The molecule has 2 aromatic rings. The summed E-state index contributed by atoms with van der Waals surface area (Å²) in [5, 5.41) is 6.29. The Kier molecular flexibility index (Phi) is 8.67. The number of nitrogens with one attached hydrogen (secondary N) is 2. The molecule has 2 unspecified atom stereocenters. The number of aryl methyl sites for hydroxylation is 1. The average molecular weight is 517 g/mol. The van der Waals surface area contributed by atoms with E-state index in [2.05, 4.69) is 42.0 Å². The van der Waals surface area contributed by atoms with Crippen LogP contribution >= 0.6 is 35.3 Å². The van der Waals surface area contributed by atoms with Crippen molar-refractivity contribution in [2.45, 2.75) is 26.3 Å². The highest BCUT2D eigenvalue weighted by molar-refractivity contribution is 14.0. The van der Waals surface area contributed by atoms with Gasteiger partial charge in [-0.05, 0) is 19.3 Å². The van der Waals surface area contributed by atoms with Gasteiger partial charge in [-0.25, -0.2) is 9.97 Å². The second-order valence-electron chi connectivity index (χ2n) is 6.79. The summed E-state index contributed by atoms with van der Waals surface area (Å²) < 4.78 is 2.18. The van der Waals surface area contributed by atoms with E-state index in [0.717, 1.165) is 31.2 Å². The number of carbonyl (C=O) groups is 1. The molecule has 0 saturated carbocycles. The highest BCUT2D eigenvalue weighted by Gasteiger charge is 2.28. The Morgan fingerprint density at radius 2 is 2.18 bits per heavy atom. The number of rotatable bonds is 5. The molecule has 28 heavy (non-hydrogen) atoms. The van der Waals surface area contributed by atoms with E-state index < -0.39 is 0 Å². The lowest BCUT2D eigenvalue weighted by atomic mass is 9.93. The first-order valence-corrected chi connectivity index (χ1v) is 10.1. The number of aliphatic imine (C=N–C) groups is 1. The molecule has 1 amide bonds. The molecule has 1 aliphatic heterocycles. The van der Waals surface area contributed by atoms with Crippen molar-refractivity contribution in [2.75, 3.05) is 33.2 Å². The van der Waals surface area contributed by atoms with Gasteiger partial charge in [0.05, 0.1) is 23.6 Å². The molecular weight excluding hydrogens is 489 g/mol. The fourth-order valence-corrected chi connectivity index (χ4v) is 4.10. The van der Waals surface area contributed by atoms with E-state index >= 15 is 0 Å². The molecule has 154 valence electrons. The summed E-state index contributed by atoms with van der Waals surface area (Å²) in [7, 11) is 1.80. The predicted molar refractivity (Wildman–Crippen MR) is 123 cm³/mol. The number of halogens is 1. The van der Waals surface area contributed by atoms with Gasteiger partial charge in [-0.3, -0.25) is 9.79 Å². The van der Waals surface area contributed by atoms with Crippen LogP contribution in [0.4, 0.5) is 0 Å². The quantitative estimate of drug-likeness (QED) is 0.275. The zero-order valence-corrected chi connectivity index (χ0v) is 19.6. The van der Waals surface area contributed by atoms with Crippen LogP contribution in [0.3, 0.4) is 0 Å². The normalized spacial score (nSPS) is 19.8. The molecule has 2 atom stereocenters. The number of nitrogens with zero attached hydrogens (tertiary/aromatic N) is 5. The van der Waals surface area contributed by atoms with Gasteiger partial charge in [0, 0.05) is 45.6 Å². The van der Waals surface area contributed by atoms with Gasteiger partial charge in [-0.1, -0.05) is 6.92 Å². The number of hydrogen-bond donors (Lipinski definition) is 2. The second-order valence-corrected chi connectivity index (χ2v) is 7.64. The van der Waals surface area contributed by atoms with Crippen molar-refractivity contribution < 1.29 is 4.79 Å². The SMILES string of the molecule is CN=C(NCCNC(=O)c1scnc1C)N1CCC(C)C(n2ccnc2)C1.I. The van der Waals surface area contributed by atoms with E-state index in [1.54, 1.807) is 12.6 Å². The molecule has 10 heteroatoms. The van der Waals surface area contributed by atoms with Crippen molar-refractivity contribution in [1.29, 1.82) is 0 Å². The van der Waals surface area contributed by atoms with Crippen molar-refractivity contribution in [3.05, 3.63) is 34.8 Å². The summed E-state index contributed by atoms with van der Waals surface area (Å²) in [4.78, 5) is 27.8. The summed E-state index contributed by atoms with van der Waals surface area (Å²) in [6, 6.07) is 0.383. The van der Waals surface area contributed by atoms with Crippen LogP contribution in [0, 0.1) is 12.8 Å². The van der Waals surface area contributed by atoms with E-state index in [-0.39, 0.29) is 29.9 Å². The third kappa shape index (κ3) is 5.43. The summed E-state index contributed by atoms with van der Waals surface area (Å²) in [5.74, 6) is 1.39. The van der Waals surface area contributed by atoms with Crippen LogP contribution in [0.25, 0.3) is 0 Å². The molecule has 0 spiro atoms. The Morgan fingerprint density at radius 3 is 2.82 bits per heavy atom. The van der Waals surface area contributed by atoms with E-state index in [0.29, 0.717) is 29.9 Å². The maximum atomic E-state index is 12.1. The molecule has 0 aliphatic carbocycles. The molecule has 0 aromatic carbocycles.